The largest absolute Gasteiger partial charge is 0.497 e. The molecule has 5 atom stereocenters. The van der Waals surface area contributed by atoms with E-state index in [4.69, 9.17) is 9.47 Å². The predicted octanol–water partition coefficient (Wildman–Crippen LogP) is 3.20. The molecule has 2 saturated heterocycles. The van der Waals surface area contributed by atoms with E-state index in [9.17, 15) is 28.1 Å². The second kappa shape index (κ2) is 12.2. The van der Waals surface area contributed by atoms with Gasteiger partial charge in [0.15, 0.2) is 0 Å². The molecule has 2 bridgehead atoms. The quantitative estimate of drug-likeness (QED) is 0.180. The van der Waals surface area contributed by atoms with E-state index in [1.54, 1.807) is 43.5 Å². The number of methoxy groups -OCH3 is 1. The Morgan fingerprint density at radius 1 is 1.11 bits per heavy atom. The molecule has 1 spiro atoms. The van der Waals surface area contributed by atoms with Gasteiger partial charge in [0.25, 0.3) is 5.69 Å². The second-order valence-corrected chi connectivity index (χ2v) is 13.2. The van der Waals surface area contributed by atoms with Crippen molar-refractivity contribution in [1.29, 1.82) is 0 Å². The molecule has 3 heterocycles. The van der Waals surface area contributed by atoms with Crippen LogP contribution in [0.5, 0.6) is 5.75 Å². The Kier molecular flexibility index (Phi) is 8.23. The number of carbonyl (C=O) groups is 2. The first-order chi connectivity index (χ1) is 22.1. The molecular formula is C33H32N4O8S. The van der Waals surface area contributed by atoms with Crippen LogP contribution in [-0.4, -0.2) is 71.8 Å². The Morgan fingerprint density at radius 2 is 1.80 bits per heavy atom. The summed E-state index contributed by atoms with van der Waals surface area (Å²) in [5.74, 6) is -1.29. The molecule has 0 radical (unpaired) electrons. The molecule has 0 aliphatic carbocycles. The van der Waals surface area contributed by atoms with Gasteiger partial charge in [0.1, 0.15) is 17.4 Å². The molecule has 13 heteroatoms. The van der Waals surface area contributed by atoms with Crippen molar-refractivity contribution in [2.75, 3.05) is 13.7 Å². The van der Waals surface area contributed by atoms with Crippen LogP contribution < -0.4 is 10.1 Å². The van der Waals surface area contributed by atoms with E-state index in [-0.39, 0.29) is 30.2 Å². The fourth-order valence-electron chi connectivity index (χ4n) is 6.63. The Morgan fingerprint density at radius 3 is 2.43 bits per heavy atom. The van der Waals surface area contributed by atoms with Crippen molar-refractivity contribution in [1.82, 2.24) is 14.5 Å². The Bertz CT molecular complexity index is 1800. The molecular weight excluding hydrogens is 612 g/mol. The van der Waals surface area contributed by atoms with Gasteiger partial charge in [-0.3, -0.25) is 19.7 Å². The number of likely N-dealkylation sites (tertiary alicyclic amines) is 1. The number of sulfonamides is 1. The minimum Gasteiger partial charge on any atom is -0.497 e. The fourth-order valence-corrected chi connectivity index (χ4v) is 8.24. The molecule has 46 heavy (non-hydrogen) atoms. The first kappa shape index (κ1) is 31.1. The normalized spacial score (nSPS) is 24.7. The third kappa shape index (κ3) is 5.25. The molecule has 1 N–H and O–H groups in total. The Hall–Kier alpha value is -4.85. The zero-order valence-corrected chi connectivity index (χ0v) is 25.7. The van der Waals surface area contributed by atoms with Crippen LogP contribution in [0.1, 0.15) is 11.1 Å². The molecule has 3 aliphatic rings. The number of nitrogens with one attached hydrogen (secondary N) is 1. The van der Waals surface area contributed by atoms with Crippen LogP contribution in [0.3, 0.4) is 0 Å². The van der Waals surface area contributed by atoms with Crippen molar-refractivity contribution in [2.45, 2.75) is 41.8 Å². The van der Waals surface area contributed by atoms with E-state index in [1.807, 2.05) is 30.3 Å². The second-order valence-electron chi connectivity index (χ2n) is 11.3. The van der Waals surface area contributed by atoms with Gasteiger partial charge in [-0.15, -0.1) is 6.58 Å². The number of hydrogen-bond acceptors (Lipinski definition) is 8. The number of hydrogen-bond donors (Lipinski definition) is 1. The highest BCUT2D eigenvalue weighted by Crippen LogP contribution is 2.54. The van der Waals surface area contributed by atoms with E-state index in [1.165, 1.54) is 11.0 Å². The van der Waals surface area contributed by atoms with E-state index < -0.39 is 56.5 Å². The van der Waals surface area contributed by atoms with E-state index >= 15 is 0 Å². The number of non-ortho nitro benzene ring substituents is 1. The van der Waals surface area contributed by atoms with Crippen molar-refractivity contribution in [3.8, 4) is 5.75 Å². The van der Waals surface area contributed by atoms with Crippen molar-refractivity contribution < 1.29 is 32.4 Å². The lowest BCUT2D eigenvalue weighted by Gasteiger charge is -2.34. The Labute approximate surface area is 266 Å². The number of nitro benzene ring substituents is 1. The van der Waals surface area contributed by atoms with Gasteiger partial charge in [-0.05, 0) is 35.4 Å². The first-order valence-electron chi connectivity index (χ1n) is 14.6. The molecule has 3 aromatic carbocycles. The minimum absolute atomic E-state index is 0.0651. The summed E-state index contributed by atoms with van der Waals surface area (Å²) in [5, 5.41) is 14.1. The minimum atomic E-state index is -4.30. The van der Waals surface area contributed by atoms with Gasteiger partial charge < -0.3 is 19.7 Å². The summed E-state index contributed by atoms with van der Waals surface area (Å²) in [6.45, 7) is 3.86. The van der Waals surface area contributed by atoms with Crippen LogP contribution >= 0.6 is 0 Å². The molecule has 3 aromatic rings. The number of rotatable bonds is 12. The summed E-state index contributed by atoms with van der Waals surface area (Å²) >= 11 is 0. The lowest BCUT2D eigenvalue weighted by Crippen LogP contribution is -2.55. The van der Waals surface area contributed by atoms with Crippen LogP contribution in [0.2, 0.25) is 0 Å². The highest BCUT2D eigenvalue weighted by Gasteiger charge is 2.73. The molecule has 6 rings (SSSR count). The van der Waals surface area contributed by atoms with Crippen LogP contribution in [0.15, 0.2) is 109 Å². The lowest BCUT2D eigenvalue weighted by molar-refractivity contribution is -0.384. The highest BCUT2D eigenvalue weighted by atomic mass is 32.2. The topological polar surface area (TPSA) is 148 Å². The van der Waals surface area contributed by atoms with Crippen LogP contribution in [-0.2, 0) is 37.4 Å². The lowest BCUT2D eigenvalue weighted by atomic mass is 9.78. The average molecular weight is 645 g/mol. The standard InChI is InChI=1S/C33H32N4O8S/c1-3-19-36(46(42,43)26-15-11-24(12-16-26)37(40)41)29-27-17-18-33(45-27)28(29)32(39)35(21-23-9-13-25(44-2)14-10-23)30(33)31(38)34-20-22-7-5-4-6-8-22/h3-18,27-30H,1,19-21H2,2H3,(H,34,38)/t27-,28+,29+,30-,33+/m1/s1. The van der Waals surface area contributed by atoms with Gasteiger partial charge in [0, 0.05) is 31.8 Å². The molecule has 0 unspecified atom stereocenters. The van der Waals surface area contributed by atoms with Crippen molar-refractivity contribution in [2.24, 2.45) is 5.92 Å². The van der Waals surface area contributed by atoms with E-state index in [2.05, 4.69) is 11.9 Å². The predicted molar refractivity (Wildman–Crippen MR) is 167 cm³/mol. The summed E-state index contributed by atoms with van der Waals surface area (Å²) in [6.07, 6.45) is 3.99. The van der Waals surface area contributed by atoms with E-state index in [0.29, 0.717) is 5.75 Å². The Balaban J connectivity index is 1.38. The summed E-state index contributed by atoms with van der Waals surface area (Å²) in [5.41, 5.74) is -0.0940. The number of fused-ring (bicyclic) bond motifs is 1. The van der Waals surface area contributed by atoms with E-state index in [0.717, 1.165) is 39.7 Å². The number of nitro groups is 1. The summed E-state index contributed by atoms with van der Waals surface area (Å²) in [7, 11) is -2.76. The number of benzene rings is 3. The molecule has 2 amide bonds. The summed E-state index contributed by atoms with van der Waals surface area (Å²) in [6, 6.07) is 18.9. The number of nitrogens with zero attached hydrogens (tertiary/aromatic N) is 3. The van der Waals surface area contributed by atoms with Gasteiger partial charge in [0.05, 0.1) is 35.0 Å². The zero-order valence-electron chi connectivity index (χ0n) is 24.9. The van der Waals surface area contributed by atoms with Crippen molar-refractivity contribution >= 4 is 27.5 Å². The maximum absolute atomic E-state index is 14.5. The van der Waals surface area contributed by atoms with Gasteiger partial charge in [-0.1, -0.05) is 60.7 Å². The van der Waals surface area contributed by atoms with Crippen LogP contribution in [0.25, 0.3) is 0 Å². The number of ether oxygens (including phenoxy) is 2. The fraction of sp³-hybridized carbons (Fsp3) is 0.273. The van der Waals surface area contributed by atoms with Gasteiger partial charge in [0.2, 0.25) is 21.8 Å². The third-order valence-corrected chi connectivity index (χ3v) is 10.6. The molecule has 0 aromatic heterocycles. The number of amides is 2. The van der Waals surface area contributed by atoms with Gasteiger partial charge in [-0.2, -0.15) is 4.31 Å². The average Bonchev–Trinajstić information content (AvgIpc) is 3.70. The van der Waals surface area contributed by atoms with Crippen LogP contribution in [0, 0.1) is 16.0 Å². The summed E-state index contributed by atoms with van der Waals surface area (Å²) < 4.78 is 41.1. The zero-order chi connectivity index (χ0) is 32.6. The highest BCUT2D eigenvalue weighted by molar-refractivity contribution is 7.89. The maximum atomic E-state index is 14.5. The molecule has 2 fully saturated rings. The molecule has 3 aliphatic heterocycles. The molecule has 238 valence electrons. The smallest absolute Gasteiger partial charge is 0.269 e. The monoisotopic (exact) mass is 644 g/mol. The van der Waals surface area contributed by atoms with Gasteiger partial charge in [-0.25, -0.2) is 8.42 Å². The van der Waals surface area contributed by atoms with Crippen molar-refractivity contribution in [3.05, 3.63) is 125 Å². The number of carbonyl (C=O) groups excluding carboxylic acids is 2. The summed E-state index contributed by atoms with van der Waals surface area (Å²) in [4.78, 5) is 40.4. The third-order valence-electron chi connectivity index (χ3n) is 8.70. The SMILES string of the molecule is C=CCN([C@@H]1[C@H]2C(=O)N(Cc3ccc(OC)cc3)[C@H](C(=O)NCc3ccccc3)[C@]23C=C[C@H]1O3)S(=O)(=O)c1ccc([N+](=O)[O-])cc1. The maximum Gasteiger partial charge on any atom is 0.269 e. The van der Waals surface area contributed by atoms with Crippen molar-refractivity contribution in [3.63, 3.8) is 0 Å². The molecule has 0 saturated carbocycles. The molecule has 12 nitrogen and oxygen atoms in total. The van der Waals surface area contributed by atoms with Gasteiger partial charge >= 0.3 is 0 Å². The van der Waals surface area contributed by atoms with Crippen LogP contribution in [0.4, 0.5) is 5.69 Å². The first-order valence-corrected chi connectivity index (χ1v) is 16.0.